The zero-order valence-electron chi connectivity index (χ0n) is 11.0. The van der Waals surface area contributed by atoms with Crippen LogP contribution in [0.2, 0.25) is 0 Å². The first kappa shape index (κ1) is 12.0. The van der Waals surface area contributed by atoms with Crippen LogP contribution in [0.1, 0.15) is 50.7 Å². The van der Waals surface area contributed by atoms with Crippen molar-refractivity contribution in [3.05, 3.63) is 41.5 Å². The van der Waals surface area contributed by atoms with Crippen LogP contribution in [0, 0.1) is 0 Å². The van der Waals surface area contributed by atoms with E-state index in [-0.39, 0.29) is 0 Å². The first-order valence-electron chi connectivity index (χ1n) is 6.26. The molecule has 0 saturated carbocycles. The molecular weight excluding hydrogens is 208 g/mol. The average molecular weight is 228 g/mol. The second-order valence-electron chi connectivity index (χ2n) is 5.29. The van der Waals surface area contributed by atoms with E-state index in [2.05, 4.69) is 45.9 Å². The maximum absolute atomic E-state index is 10.2. The van der Waals surface area contributed by atoms with Crippen molar-refractivity contribution in [2.45, 2.75) is 39.5 Å². The predicted molar refractivity (Wildman–Crippen MR) is 73.8 cm³/mol. The number of hydrogen-bond donors (Lipinski definition) is 1. The Morgan fingerprint density at radius 1 is 0.882 bits per heavy atom. The highest BCUT2D eigenvalue weighted by atomic mass is 16.3. The summed E-state index contributed by atoms with van der Waals surface area (Å²) in [5.41, 5.74) is 2.34. The molecule has 0 aliphatic carbocycles. The van der Waals surface area contributed by atoms with Gasteiger partial charge in [0, 0.05) is 5.39 Å². The number of phenolic OH excluding ortho intramolecular Hbond substituents is 1. The van der Waals surface area contributed by atoms with Gasteiger partial charge in [0.25, 0.3) is 0 Å². The third-order valence-electron chi connectivity index (χ3n) is 3.34. The van der Waals surface area contributed by atoms with Crippen molar-refractivity contribution in [2.75, 3.05) is 0 Å². The summed E-state index contributed by atoms with van der Waals surface area (Å²) < 4.78 is 0. The minimum atomic E-state index is 0.351. The Morgan fingerprint density at radius 2 is 1.59 bits per heavy atom. The van der Waals surface area contributed by atoms with E-state index < -0.39 is 0 Å². The van der Waals surface area contributed by atoms with Crippen molar-refractivity contribution in [2.24, 2.45) is 0 Å². The lowest BCUT2D eigenvalue weighted by molar-refractivity contribution is 0.471. The van der Waals surface area contributed by atoms with Crippen LogP contribution < -0.4 is 0 Å². The summed E-state index contributed by atoms with van der Waals surface area (Å²) >= 11 is 0. The molecule has 0 unspecified atom stereocenters. The quantitative estimate of drug-likeness (QED) is 0.783. The Hall–Kier alpha value is -1.50. The second-order valence-corrected chi connectivity index (χ2v) is 5.29. The van der Waals surface area contributed by atoms with Crippen LogP contribution in [-0.2, 0) is 0 Å². The van der Waals surface area contributed by atoms with Gasteiger partial charge in [-0.1, -0.05) is 58.0 Å². The normalized spacial score (nSPS) is 11.6. The molecule has 2 rings (SSSR count). The molecular formula is C16H20O. The second kappa shape index (κ2) is 4.40. The number of benzene rings is 2. The van der Waals surface area contributed by atoms with Crippen LogP contribution in [0.5, 0.6) is 5.75 Å². The predicted octanol–water partition coefficient (Wildman–Crippen LogP) is 4.79. The summed E-state index contributed by atoms with van der Waals surface area (Å²) in [4.78, 5) is 0. The molecule has 0 radical (unpaired) electrons. The number of rotatable bonds is 2. The molecule has 0 aliphatic rings. The van der Waals surface area contributed by atoms with Gasteiger partial charge in [0.05, 0.1) is 0 Å². The number of fused-ring (bicyclic) bond motifs is 1. The average Bonchev–Trinajstić information content (AvgIpc) is 2.28. The van der Waals surface area contributed by atoms with Crippen LogP contribution in [0.15, 0.2) is 30.3 Å². The molecule has 0 aromatic heterocycles. The highest BCUT2D eigenvalue weighted by molar-refractivity contribution is 5.90. The fourth-order valence-electron chi connectivity index (χ4n) is 2.17. The van der Waals surface area contributed by atoms with Gasteiger partial charge < -0.3 is 5.11 Å². The van der Waals surface area contributed by atoms with Gasteiger partial charge in [-0.15, -0.1) is 0 Å². The Bertz CT molecular complexity index is 538. The summed E-state index contributed by atoms with van der Waals surface area (Å²) in [6.45, 7) is 8.57. The zero-order valence-corrected chi connectivity index (χ0v) is 11.0. The van der Waals surface area contributed by atoms with E-state index in [4.69, 9.17) is 0 Å². The first-order chi connectivity index (χ1) is 8.00. The number of aromatic hydroxyl groups is 1. The van der Waals surface area contributed by atoms with Crippen molar-refractivity contribution in [3.8, 4) is 5.75 Å². The zero-order chi connectivity index (χ0) is 12.6. The molecule has 0 amide bonds. The van der Waals surface area contributed by atoms with E-state index in [1.165, 1.54) is 5.56 Å². The highest BCUT2D eigenvalue weighted by Gasteiger charge is 2.10. The van der Waals surface area contributed by atoms with E-state index in [0.29, 0.717) is 17.6 Å². The van der Waals surface area contributed by atoms with Gasteiger partial charge >= 0.3 is 0 Å². The van der Waals surface area contributed by atoms with Gasteiger partial charge in [-0.25, -0.2) is 0 Å². The lowest BCUT2D eigenvalue weighted by Crippen LogP contribution is -1.91. The summed E-state index contributed by atoms with van der Waals surface area (Å²) in [6.07, 6.45) is 0. The smallest absolute Gasteiger partial charge is 0.126 e. The first-order valence-corrected chi connectivity index (χ1v) is 6.26. The third kappa shape index (κ3) is 2.14. The van der Waals surface area contributed by atoms with E-state index >= 15 is 0 Å². The highest BCUT2D eigenvalue weighted by Crippen LogP contribution is 2.34. The molecule has 1 heteroatoms. The van der Waals surface area contributed by atoms with Gasteiger partial charge in [-0.3, -0.25) is 0 Å². The summed E-state index contributed by atoms with van der Waals surface area (Å²) in [5, 5.41) is 12.3. The van der Waals surface area contributed by atoms with Gasteiger partial charge in [-0.2, -0.15) is 0 Å². The van der Waals surface area contributed by atoms with Crippen molar-refractivity contribution >= 4 is 10.8 Å². The molecule has 1 nitrogen and oxygen atoms in total. The number of hydrogen-bond acceptors (Lipinski definition) is 1. The molecule has 90 valence electrons. The Kier molecular flexibility index (Phi) is 3.10. The molecule has 0 heterocycles. The summed E-state index contributed by atoms with van der Waals surface area (Å²) in [5.74, 6) is 1.31. The summed E-state index contributed by atoms with van der Waals surface area (Å²) in [7, 11) is 0. The molecule has 0 saturated heterocycles. The Labute approximate surface area is 103 Å². The minimum Gasteiger partial charge on any atom is -0.507 e. The Balaban J connectivity index is 2.64. The standard InChI is InChI=1S/C16H20O/c1-10(2)12-5-8-15-13(9-12)6-7-14(11(3)4)16(15)17/h5-11,17H,1-4H3. The topological polar surface area (TPSA) is 20.2 Å². The van der Waals surface area contributed by atoms with Crippen molar-refractivity contribution in [3.63, 3.8) is 0 Å². The lowest BCUT2D eigenvalue weighted by atomic mass is 9.94. The molecule has 0 aliphatic heterocycles. The largest absolute Gasteiger partial charge is 0.507 e. The van der Waals surface area contributed by atoms with Crippen LogP contribution in [0.4, 0.5) is 0 Å². The fourth-order valence-corrected chi connectivity index (χ4v) is 2.17. The number of phenols is 1. The van der Waals surface area contributed by atoms with Crippen molar-refractivity contribution in [1.29, 1.82) is 0 Å². The maximum Gasteiger partial charge on any atom is 0.126 e. The molecule has 0 spiro atoms. The maximum atomic E-state index is 10.2. The monoisotopic (exact) mass is 228 g/mol. The fraction of sp³-hybridized carbons (Fsp3) is 0.375. The van der Waals surface area contributed by atoms with E-state index in [9.17, 15) is 5.11 Å². The van der Waals surface area contributed by atoms with Gasteiger partial charge in [0.15, 0.2) is 0 Å². The van der Waals surface area contributed by atoms with Crippen LogP contribution in [0.3, 0.4) is 0 Å². The molecule has 17 heavy (non-hydrogen) atoms. The molecule has 1 N–H and O–H groups in total. The molecule has 2 aromatic carbocycles. The minimum absolute atomic E-state index is 0.351. The third-order valence-corrected chi connectivity index (χ3v) is 3.34. The van der Waals surface area contributed by atoms with E-state index in [0.717, 1.165) is 16.3 Å². The van der Waals surface area contributed by atoms with Gasteiger partial charge in [-0.05, 0) is 28.3 Å². The molecule has 0 atom stereocenters. The van der Waals surface area contributed by atoms with Gasteiger partial charge in [0.1, 0.15) is 5.75 Å². The van der Waals surface area contributed by atoms with Crippen molar-refractivity contribution in [1.82, 2.24) is 0 Å². The van der Waals surface area contributed by atoms with E-state index in [1.54, 1.807) is 0 Å². The molecule has 0 bridgehead atoms. The van der Waals surface area contributed by atoms with Crippen LogP contribution >= 0.6 is 0 Å². The van der Waals surface area contributed by atoms with E-state index in [1.807, 2.05) is 12.1 Å². The lowest BCUT2D eigenvalue weighted by Gasteiger charge is -2.12. The SMILES string of the molecule is CC(C)c1ccc2c(O)c(C(C)C)ccc2c1. The Morgan fingerprint density at radius 3 is 2.18 bits per heavy atom. The molecule has 0 fully saturated rings. The van der Waals surface area contributed by atoms with Crippen LogP contribution in [-0.4, -0.2) is 5.11 Å². The van der Waals surface area contributed by atoms with Crippen LogP contribution in [0.25, 0.3) is 10.8 Å². The summed E-state index contributed by atoms with van der Waals surface area (Å²) in [6, 6.07) is 10.5. The van der Waals surface area contributed by atoms with Gasteiger partial charge in [0.2, 0.25) is 0 Å². The molecule has 2 aromatic rings. The van der Waals surface area contributed by atoms with Crippen molar-refractivity contribution < 1.29 is 5.11 Å².